The lowest BCUT2D eigenvalue weighted by molar-refractivity contribution is -0.153. The van der Waals surface area contributed by atoms with Crippen LogP contribution >= 0.6 is 0 Å². The van der Waals surface area contributed by atoms with Crippen molar-refractivity contribution in [2.24, 2.45) is 0 Å². The largest absolute Gasteiger partial charge is 0.460 e. The zero-order valence-corrected chi connectivity index (χ0v) is 9.26. The van der Waals surface area contributed by atoms with Crippen LogP contribution in [0.15, 0.2) is 12.7 Å². The van der Waals surface area contributed by atoms with E-state index >= 15 is 0 Å². The summed E-state index contributed by atoms with van der Waals surface area (Å²) in [7, 11) is 0. The Kier molecular flexibility index (Phi) is 5.18. The van der Waals surface area contributed by atoms with Gasteiger partial charge < -0.3 is 4.74 Å². The average Bonchev–Trinajstić information content (AvgIpc) is 2.77. The van der Waals surface area contributed by atoms with Gasteiger partial charge in [-0.3, -0.25) is 9.48 Å². The third kappa shape index (κ3) is 4.20. The van der Waals surface area contributed by atoms with Crippen LogP contribution in [0.4, 0.5) is 0 Å². The first kappa shape index (κ1) is 12.4. The van der Waals surface area contributed by atoms with E-state index in [4.69, 9.17) is 0 Å². The van der Waals surface area contributed by atoms with Crippen molar-refractivity contribution in [2.45, 2.75) is 32.7 Å². The number of carbonyl (C=O) groups is 2. The Balaban J connectivity index is 2.11. The SMILES string of the molecule is CCOC(=O)C(=O)CCCCn1cncn1. The highest BCUT2D eigenvalue weighted by atomic mass is 16.5. The maximum absolute atomic E-state index is 11.2. The summed E-state index contributed by atoms with van der Waals surface area (Å²) in [5.41, 5.74) is 0. The number of aromatic nitrogens is 3. The Morgan fingerprint density at radius 1 is 1.38 bits per heavy atom. The number of esters is 1. The second-order valence-electron chi connectivity index (χ2n) is 3.26. The van der Waals surface area contributed by atoms with Gasteiger partial charge in [-0.25, -0.2) is 9.78 Å². The number of Topliss-reactive ketones (excluding diaryl/α,β-unsaturated/α-hetero) is 1. The Morgan fingerprint density at radius 2 is 2.19 bits per heavy atom. The van der Waals surface area contributed by atoms with Gasteiger partial charge in [-0.05, 0) is 19.8 Å². The van der Waals surface area contributed by atoms with Crippen molar-refractivity contribution in [1.29, 1.82) is 0 Å². The lowest BCUT2D eigenvalue weighted by atomic mass is 10.2. The molecule has 88 valence electrons. The smallest absolute Gasteiger partial charge is 0.374 e. The molecule has 0 N–H and O–H groups in total. The van der Waals surface area contributed by atoms with Crippen LogP contribution in [-0.4, -0.2) is 33.1 Å². The Labute approximate surface area is 93.6 Å². The van der Waals surface area contributed by atoms with E-state index in [-0.39, 0.29) is 13.0 Å². The molecular formula is C10H15N3O3. The van der Waals surface area contributed by atoms with Crippen LogP contribution in [0.2, 0.25) is 0 Å². The zero-order chi connectivity index (χ0) is 11.8. The minimum Gasteiger partial charge on any atom is -0.460 e. The normalized spacial score (nSPS) is 10.1. The van der Waals surface area contributed by atoms with Crippen LogP contribution in [0.1, 0.15) is 26.2 Å². The van der Waals surface area contributed by atoms with E-state index in [0.717, 1.165) is 6.42 Å². The third-order valence-corrected chi connectivity index (χ3v) is 2.01. The van der Waals surface area contributed by atoms with Crippen molar-refractivity contribution in [3.63, 3.8) is 0 Å². The van der Waals surface area contributed by atoms with Crippen LogP contribution in [-0.2, 0) is 20.9 Å². The van der Waals surface area contributed by atoms with Gasteiger partial charge in [0.25, 0.3) is 0 Å². The second-order valence-corrected chi connectivity index (χ2v) is 3.26. The van der Waals surface area contributed by atoms with E-state index in [2.05, 4.69) is 14.8 Å². The summed E-state index contributed by atoms with van der Waals surface area (Å²) >= 11 is 0. The fourth-order valence-corrected chi connectivity index (χ4v) is 1.22. The third-order valence-electron chi connectivity index (χ3n) is 2.01. The lowest BCUT2D eigenvalue weighted by Gasteiger charge is -2.01. The molecule has 0 amide bonds. The maximum atomic E-state index is 11.2. The predicted molar refractivity (Wildman–Crippen MR) is 55.5 cm³/mol. The molecule has 0 radical (unpaired) electrons. The summed E-state index contributed by atoms with van der Waals surface area (Å²) in [6.45, 7) is 2.62. The molecule has 1 aromatic rings. The minimum atomic E-state index is -0.733. The quantitative estimate of drug-likeness (QED) is 0.385. The first-order valence-electron chi connectivity index (χ1n) is 5.26. The van der Waals surface area contributed by atoms with Crippen LogP contribution in [0.5, 0.6) is 0 Å². The minimum absolute atomic E-state index is 0.230. The molecule has 1 rings (SSSR count). The molecule has 0 saturated carbocycles. The number of hydrogen-bond acceptors (Lipinski definition) is 5. The van der Waals surface area contributed by atoms with Crippen molar-refractivity contribution < 1.29 is 14.3 Å². The highest BCUT2D eigenvalue weighted by Crippen LogP contribution is 2.00. The Hall–Kier alpha value is -1.72. The highest BCUT2D eigenvalue weighted by molar-refractivity contribution is 6.33. The lowest BCUT2D eigenvalue weighted by Crippen LogP contribution is -2.17. The number of unbranched alkanes of at least 4 members (excludes halogenated alkanes) is 1. The average molecular weight is 225 g/mol. The molecule has 0 spiro atoms. The van der Waals surface area contributed by atoms with Gasteiger partial charge in [-0.2, -0.15) is 5.10 Å². The van der Waals surface area contributed by atoms with Crippen LogP contribution in [0.3, 0.4) is 0 Å². The maximum Gasteiger partial charge on any atom is 0.374 e. The Morgan fingerprint density at radius 3 is 2.81 bits per heavy atom. The molecule has 0 atom stereocenters. The van der Waals surface area contributed by atoms with Gasteiger partial charge in [0.1, 0.15) is 12.7 Å². The molecule has 16 heavy (non-hydrogen) atoms. The molecular weight excluding hydrogens is 210 g/mol. The van der Waals surface area contributed by atoms with E-state index in [1.807, 2.05) is 0 Å². The summed E-state index contributed by atoms with van der Waals surface area (Å²) in [4.78, 5) is 26.0. The van der Waals surface area contributed by atoms with E-state index < -0.39 is 11.8 Å². The van der Waals surface area contributed by atoms with Gasteiger partial charge in [-0.1, -0.05) is 0 Å². The predicted octanol–water partition coefficient (Wildman–Crippen LogP) is 0.581. The summed E-state index contributed by atoms with van der Waals surface area (Å²) in [6, 6.07) is 0. The Bertz CT molecular complexity index is 335. The number of aryl methyl sites for hydroxylation is 1. The fraction of sp³-hybridized carbons (Fsp3) is 0.600. The van der Waals surface area contributed by atoms with Crippen LogP contribution in [0, 0.1) is 0 Å². The van der Waals surface area contributed by atoms with Crippen molar-refractivity contribution in [1.82, 2.24) is 14.8 Å². The van der Waals surface area contributed by atoms with Crippen molar-refractivity contribution in [3.8, 4) is 0 Å². The molecule has 0 aliphatic heterocycles. The number of carbonyl (C=O) groups excluding carboxylic acids is 2. The number of ketones is 1. The molecule has 1 heterocycles. The molecule has 6 heteroatoms. The summed E-state index contributed by atoms with van der Waals surface area (Å²) in [5.74, 6) is -1.19. The molecule has 0 unspecified atom stereocenters. The van der Waals surface area contributed by atoms with Gasteiger partial charge in [0.2, 0.25) is 5.78 Å². The first-order valence-corrected chi connectivity index (χ1v) is 5.26. The van der Waals surface area contributed by atoms with Crippen molar-refractivity contribution in [2.75, 3.05) is 6.61 Å². The van der Waals surface area contributed by atoms with Crippen LogP contribution in [0.25, 0.3) is 0 Å². The second kappa shape index (κ2) is 6.71. The number of nitrogens with zero attached hydrogens (tertiary/aromatic N) is 3. The molecule has 0 saturated heterocycles. The number of ether oxygens (including phenoxy) is 1. The van der Waals surface area contributed by atoms with E-state index in [1.54, 1.807) is 17.9 Å². The zero-order valence-electron chi connectivity index (χ0n) is 9.26. The summed E-state index contributed by atoms with van der Waals surface area (Å²) in [5, 5.41) is 3.93. The highest BCUT2D eigenvalue weighted by Gasteiger charge is 2.13. The van der Waals surface area contributed by atoms with Crippen LogP contribution < -0.4 is 0 Å². The monoisotopic (exact) mass is 225 g/mol. The topological polar surface area (TPSA) is 74.1 Å². The molecule has 6 nitrogen and oxygen atoms in total. The van der Waals surface area contributed by atoms with Crippen molar-refractivity contribution in [3.05, 3.63) is 12.7 Å². The van der Waals surface area contributed by atoms with Gasteiger partial charge >= 0.3 is 5.97 Å². The summed E-state index contributed by atoms with van der Waals surface area (Å²) in [6.07, 6.45) is 4.75. The van der Waals surface area contributed by atoms with Gasteiger partial charge in [0.05, 0.1) is 6.61 Å². The van der Waals surface area contributed by atoms with E-state index in [0.29, 0.717) is 13.0 Å². The van der Waals surface area contributed by atoms with E-state index in [1.165, 1.54) is 6.33 Å². The molecule has 0 bridgehead atoms. The molecule has 0 fully saturated rings. The van der Waals surface area contributed by atoms with Crippen molar-refractivity contribution >= 4 is 11.8 Å². The molecule has 0 aliphatic carbocycles. The van der Waals surface area contributed by atoms with Gasteiger partial charge in [0.15, 0.2) is 0 Å². The number of rotatable bonds is 7. The molecule has 0 aliphatic rings. The molecule has 1 aromatic heterocycles. The number of hydrogen-bond donors (Lipinski definition) is 0. The molecule has 0 aromatic carbocycles. The van der Waals surface area contributed by atoms with Gasteiger partial charge in [-0.15, -0.1) is 0 Å². The van der Waals surface area contributed by atoms with E-state index in [9.17, 15) is 9.59 Å². The standard InChI is InChI=1S/C10H15N3O3/c1-2-16-10(15)9(14)5-3-4-6-13-8-11-7-12-13/h7-8H,2-6H2,1H3. The summed E-state index contributed by atoms with van der Waals surface area (Å²) < 4.78 is 6.28. The fourth-order valence-electron chi connectivity index (χ4n) is 1.22. The first-order chi connectivity index (χ1) is 7.74. The van der Waals surface area contributed by atoms with Gasteiger partial charge in [0, 0.05) is 13.0 Å².